The molecule has 0 aliphatic rings. The summed E-state index contributed by atoms with van der Waals surface area (Å²) >= 11 is 5.99. The third-order valence-electron chi connectivity index (χ3n) is 5.18. The van der Waals surface area contributed by atoms with Crippen molar-refractivity contribution in [3.8, 4) is 0 Å². The molecule has 7 nitrogen and oxygen atoms in total. The summed E-state index contributed by atoms with van der Waals surface area (Å²) in [5.41, 5.74) is 8.74. The molecule has 0 saturated carbocycles. The van der Waals surface area contributed by atoms with Crippen molar-refractivity contribution >= 4 is 34.2 Å². The third kappa shape index (κ3) is 4.93. The van der Waals surface area contributed by atoms with Gasteiger partial charge in [-0.1, -0.05) is 17.7 Å². The van der Waals surface area contributed by atoms with Crippen LogP contribution in [0.25, 0.3) is 10.9 Å². The quantitative estimate of drug-likeness (QED) is 0.413. The van der Waals surface area contributed by atoms with Crippen molar-refractivity contribution in [2.24, 2.45) is 0 Å². The maximum absolute atomic E-state index is 13.6. The molecule has 0 radical (unpaired) electrons. The molecule has 10 heteroatoms. The van der Waals surface area contributed by atoms with Gasteiger partial charge in [-0.3, -0.25) is 9.78 Å². The molecule has 1 amide bonds. The summed E-state index contributed by atoms with van der Waals surface area (Å²) in [6.45, 7) is 3.67. The molecule has 33 heavy (non-hydrogen) atoms. The second kappa shape index (κ2) is 9.11. The molecule has 0 unspecified atom stereocenters. The molecule has 170 valence electrons. The predicted molar refractivity (Wildman–Crippen MR) is 120 cm³/mol. The van der Waals surface area contributed by atoms with E-state index in [1.807, 2.05) is 13.0 Å². The Balaban J connectivity index is 1.56. The highest BCUT2D eigenvalue weighted by Gasteiger charge is 2.27. The van der Waals surface area contributed by atoms with E-state index in [2.05, 4.69) is 20.3 Å². The van der Waals surface area contributed by atoms with E-state index in [9.17, 15) is 13.6 Å². The number of aromatic nitrogens is 3. The molecule has 0 fully saturated rings. The minimum absolute atomic E-state index is 0.00583. The van der Waals surface area contributed by atoms with E-state index in [4.69, 9.17) is 21.8 Å². The number of nitrogens with zero attached hydrogens (tertiary/aromatic N) is 3. The first-order chi connectivity index (χ1) is 15.7. The zero-order chi connectivity index (χ0) is 23.7. The molecule has 1 aromatic carbocycles. The van der Waals surface area contributed by atoms with Crippen LogP contribution in [0.3, 0.4) is 0 Å². The number of anilines is 1. The third-order valence-corrected chi connectivity index (χ3v) is 5.38. The van der Waals surface area contributed by atoms with Crippen molar-refractivity contribution in [2.75, 3.05) is 5.73 Å². The maximum Gasteiger partial charge on any atom is 0.289 e. The highest BCUT2D eigenvalue weighted by molar-refractivity contribution is 6.31. The lowest BCUT2D eigenvalue weighted by Gasteiger charge is -2.11. The van der Waals surface area contributed by atoms with Gasteiger partial charge < -0.3 is 15.5 Å². The average molecular weight is 472 g/mol. The molecule has 3 heterocycles. The summed E-state index contributed by atoms with van der Waals surface area (Å²) in [6.07, 6.45) is -1.30. The summed E-state index contributed by atoms with van der Waals surface area (Å²) in [7, 11) is 0. The van der Waals surface area contributed by atoms with E-state index in [0.29, 0.717) is 16.5 Å². The largest absolute Gasteiger partial charge is 0.435 e. The second-order valence-electron chi connectivity index (χ2n) is 7.59. The highest BCUT2D eigenvalue weighted by Crippen LogP contribution is 2.26. The fourth-order valence-corrected chi connectivity index (χ4v) is 3.77. The van der Waals surface area contributed by atoms with Crippen molar-refractivity contribution in [3.05, 3.63) is 81.3 Å². The number of carbonyl (C=O) groups is 1. The number of amides is 1. The van der Waals surface area contributed by atoms with Gasteiger partial charge in [-0.05, 0) is 54.8 Å². The number of oxazole rings is 1. The predicted octanol–water partition coefficient (Wildman–Crippen LogP) is 4.93. The number of aryl methyl sites for hydroxylation is 2. The summed E-state index contributed by atoms with van der Waals surface area (Å²) in [4.78, 5) is 24.9. The fourth-order valence-electron chi connectivity index (χ4n) is 3.61. The van der Waals surface area contributed by atoms with E-state index in [0.717, 1.165) is 27.6 Å². The van der Waals surface area contributed by atoms with Crippen molar-refractivity contribution in [3.63, 3.8) is 0 Å². The van der Waals surface area contributed by atoms with Gasteiger partial charge in [-0.15, -0.1) is 0 Å². The van der Waals surface area contributed by atoms with Gasteiger partial charge in [0.15, 0.2) is 11.6 Å². The number of carbonyl (C=O) groups excluding carboxylic acids is 1. The molecule has 0 aliphatic heterocycles. The first kappa shape index (κ1) is 22.6. The van der Waals surface area contributed by atoms with Gasteiger partial charge >= 0.3 is 0 Å². The zero-order valence-electron chi connectivity index (χ0n) is 17.8. The van der Waals surface area contributed by atoms with Crippen LogP contribution in [0.5, 0.6) is 0 Å². The second-order valence-corrected chi connectivity index (χ2v) is 8.03. The molecule has 0 bridgehead atoms. The minimum Gasteiger partial charge on any atom is -0.435 e. The molecular weight excluding hydrogens is 452 g/mol. The monoisotopic (exact) mass is 471 g/mol. The van der Waals surface area contributed by atoms with Crippen LogP contribution < -0.4 is 11.1 Å². The molecule has 0 saturated heterocycles. The number of hydrogen-bond donors (Lipinski definition) is 2. The van der Waals surface area contributed by atoms with Crippen LogP contribution in [0.4, 0.5) is 14.6 Å². The van der Waals surface area contributed by atoms with E-state index < -0.39 is 23.8 Å². The lowest BCUT2D eigenvalue weighted by Crippen LogP contribution is -2.24. The number of benzene rings is 1. The Morgan fingerprint density at radius 2 is 2.00 bits per heavy atom. The molecule has 0 spiro atoms. The number of pyridine rings is 2. The van der Waals surface area contributed by atoms with Crippen LogP contribution in [0.15, 0.2) is 40.9 Å². The van der Waals surface area contributed by atoms with Crippen LogP contribution in [-0.4, -0.2) is 20.9 Å². The first-order valence-electron chi connectivity index (χ1n) is 10.0. The molecule has 0 atom stereocenters. The number of fused-ring (bicyclic) bond motifs is 1. The Bertz CT molecular complexity index is 1330. The summed E-state index contributed by atoms with van der Waals surface area (Å²) < 4.78 is 32.6. The Morgan fingerprint density at radius 1 is 1.21 bits per heavy atom. The summed E-state index contributed by atoms with van der Waals surface area (Å²) in [5, 5.41) is 3.89. The molecule has 4 aromatic rings. The molecule has 3 aromatic heterocycles. The first-order valence-corrected chi connectivity index (χ1v) is 10.4. The molecular formula is C23H20ClF2N5O2. The Labute approximate surface area is 193 Å². The maximum atomic E-state index is 13.6. The van der Waals surface area contributed by atoms with Crippen LogP contribution in [0, 0.1) is 13.8 Å². The van der Waals surface area contributed by atoms with E-state index in [1.165, 1.54) is 0 Å². The number of nitrogens with two attached hydrogens (primary N) is 1. The van der Waals surface area contributed by atoms with Crippen molar-refractivity contribution in [1.29, 1.82) is 0 Å². The highest BCUT2D eigenvalue weighted by atomic mass is 35.5. The van der Waals surface area contributed by atoms with E-state index >= 15 is 0 Å². The van der Waals surface area contributed by atoms with Crippen LogP contribution in [0.2, 0.25) is 5.02 Å². The zero-order valence-corrected chi connectivity index (χ0v) is 18.6. The number of hydrogen-bond acceptors (Lipinski definition) is 6. The molecule has 4 rings (SSSR count). The number of nitrogens with one attached hydrogen (secondary N) is 1. The van der Waals surface area contributed by atoms with Gasteiger partial charge in [-0.25, -0.2) is 18.7 Å². The number of alkyl halides is 2. The van der Waals surface area contributed by atoms with Gasteiger partial charge in [0.05, 0.1) is 10.5 Å². The minimum atomic E-state index is -2.97. The lowest BCUT2D eigenvalue weighted by atomic mass is 10.1. The van der Waals surface area contributed by atoms with Crippen molar-refractivity contribution in [2.45, 2.75) is 33.2 Å². The van der Waals surface area contributed by atoms with Crippen molar-refractivity contribution < 1.29 is 18.0 Å². The van der Waals surface area contributed by atoms with Crippen LogP contribution in [-0.2, 0) is 13.0 Å². The van der Waals surface area contributed by atoms with Crippen LogP contribution in [0.1, 0.15) is 50.9 Å². The smallest absolute Gasteiger partial charge is 0.289 e. The summed E-state index contributed by atoms with van der Waals surface area (Å²) in [5.74, 6) is -0.920. The van der Waals surface area contributed by atoms with Gasteiger partial charge in [-0.2, -0.15) is 0 Å². The number of rotatable bonds is 6. The van der Waals surface area contributed by atoms with E-state index in [1.54, 1.807) is 37.4 Å². The number of nitrogen functional groups attached to an aromatic ring is 1. The molecule has 3 N–H and O–H groups in total. The summed E-state index contributed by atoms with van der Waals surface area (Å²) in [6, 6.07) is 8.83. The topological polar surface area (TPSA) is 107 Å². The van der Waals surface area contributed by atoms with Crippen molar-refractivity contribution in [1.82, 2.24) is 20.3 Å². The normalized spacial score (nSPS) is 11.3. The number of halogens is 3. The Morgan fingerprint density at radius 3 is 2.73 bits per heavy atom. The van der Waals surface area contributed by atoms with E-state index in [-0.39, 0.29) is 18.9 Å². The Kier molecular flexibility index (Phi) is 6.24. The fraction of sp³-hybridized carbons (Fsp3) is 0.217. The van der Waals surface area contributed by atoms with Gasteiger partial charge in [0, 0.05) is 30.2 Å². The standard InChI is InChI=1S/C23H20ClF2N5O2/c1-11-5-18(27)30-12(2)16(11)10-29-23(32)21-20(22(25)26)31-19(33-21)7-13-3-4-17-14(6-13)8-15(24)9-28-17/h3-6,8-9,22H,7,10H2,1-2H3,(H2,27,30)(H,29,32). The van der Waals surface area contributed by atoms with Crippen LogP contribution >= 0.6 is 11.6 Å². The van der Waals surface area contributed by atoms with Gasteiger partial charge in [0.25, 0.3) is 12.3 Å². The average Bonchev–Trinajstić information content (AvgIpc) is 3.17. The SMILES string of the molecule is Cc1cc(N)nc(C)c1CNC(=O)c1oc(Cc2ccc3ncc(Cl)cc3c2)nc1C(F)F. The Hall–Kier alpha value is -3.59. The van der Waals surface area contributed by atoms with Gasteiger partial charge in [0.1, 0.15) is 5.82 Å². The van der Waals surface area contributed by atoms with Gasteiger partial charge in [0.2, 0.25) is 5.76 Å². The molecule has 0 aliphatic carbocycles. The lowest BCUT2D eigenvalue weighted by molar-refractivity contribution is 0.0902.